The van der Waals surface area contributed by atoms with E-state index in [-0.39, 0.29) is 0 Å². The summed E-state index contributed by atoms with van der Waals surface area (Å²) < 4.78 is 5.01. The molecule has 0 amide bonds. The molecule has 19 heavy (non-hydrogen) atoms. The van der Waals surface area contributed by atoms with Gasteiger partial charge in [0.25, 0.3) is 0 Å². The standard InChI is InChI=1S/C13H17N5O/c1-3-11-17-10(14)6-12(18-11)15-7-9-4-5-13(19-2)16-8-9/h4-6,8H,3,7H2,1-2H3,(H3,14,15,17,18). The van der Waals surface area contributed by atoms with Crippen LogP contribution < -0.4 is 15.8 Å². The summed E-state index contributed by atoms with van der Waals surface area (Å²) in [6, 6.07) is 5.49. The highest BCUT2D eigenvalue weighted by Gasteiger charge is 2.01. The van der Waals surface area contributed by atoms with E-state index in [9.17, 15) is 0 Å². The average molecular weight is 259 g/mol. The van der Waals surface area contributed by atoms with Crippen molar-refractivity contribution in [2.24, 2.45) is 0 Å². The molecular formula is C13H17N5O. The molecule has 3 N–H and O–H groups in total. The molecular weight excluding hydrogens is 242 g/mol. The first-order valence-electron chi connectivity index (χ1n) is 6.07. The smallest absolute Gasteiger partial charge is 0.212 e. The van der Waals surface area contributed by atoms with E-state index in [2.05, 4.69) is 20.3 Å². The minimum Gasteiger partial charge on any atom is -0.481 e. The zero-order chi connectivity index (χ0) is 13.7. The van der Waals surface area contributed by atoms with E-state index < -0.39 is 0 Å². The number of pyridine rings is 1. The third-order valence-corrected chi connectivity index (χ3v) is 2.59. The molecule has 2 aromatic heterocycles. The molecule has 0 atom stereocenters. The second kappa shape index (κ2) is 5.99. The molecule has 0 aromatic carbocycles. The van der Waals surface area contributed by atoms with Gasteiger partial charge in [-0.05, 0) is 5.56 Å². The lowest BCUT2D eigenvalue weighted by molar-refractivity contribution is 0.397. The summed E-state index contributed by atoms with van der Waals surface area (Å²) in [5.74, 6) is 2.53. The summed E-state index contributed by atoms with van der Waals surface area (Å²) >= 11 is 0. The number of rotatable bonds is 5. The van der Waals surface area contributed by atoms with E-state index in [0.29, 0.717) is 18.2 Å². The first-order valence-corrected chi connectivity index (χ1v) is 6.07. The number of anilines is 2. The summed E-state index contributed by atoms with van der Waals surface area (Å²) in [6.07, 6.45) is 2.51. The number of nitrogens with one attached hydrogen (secondary N) is 1. The number of nitrogen functional groups attached to an aromatic ring is 1. The molecule has 0 aliphatic rings. The minimum absolute atomic E-state index is 0.474. The highest BCUT2D eigenvalue weighted by molar-refractivity contribution is 5.45. The van der Waals surface area contributed by atoms with Crippen LogP contribution in [0.15, 0.2) is 24.4 Å². The Morgan fingerprint density at radius 1 is 1.32 bits per heavy atom. The molecule has 0 saturated carbocycles. The molecule has 6 nitrogen and oxygen atoms in total. The van der Waals surface area contributed by atoms with Crippen molar-refractivity contribution in [3.63, 3.8) is 0 Å². The lowest BCUT2D eigenvalue weighted by atomic mass is 10.3. The third kappa shape index (κ3) is 3.54. The monoisotopic (exact) mass is 259 g/mol. The first kappa shape index (κ1) is 13.1. The summed E-state index contributed by atoms with van der Waals surface area (Å²) in [4.78, 5) is 12.6. The fourth-order valence-corrected chi connectivity index (χ4v) is 1.60. The van der Waals surface area contributed by atoms with Gasteiger partial charge in [-0.15, -0.1) is 0 Å². The van der Waals surface area contributed by atoms with Gasteiger partial charge in [0.2, 0.25) is 5.88 Å². The molecule has 2 heterocycles. The maximum Gasteiger partial charge on any atom is 0.212 e. The second-order valence-electron chi connectivity index (χ2n) is 4.01. The average Bonchev–Trinajstić information content (AvgIpc) is 2.45. The van der Waals surface area contributed by atoms with Crippen molar-refractivity contribution >= 4 is 11.6 Å². The Kier molecular flexibility index (Phi) is 4.12. The fourth-order valence-electron chi connectivity index (χ4n) is 1.60. The second-order valence-corrected chi connectivity index (χ2v) is 4.01. The highest BCUT2D eigenvalue weighted by atomic mass is 16.5. The van der Waals surface area contributed by atoms with Gasteiger partial charge in [0.15, 0.2) is 0 Å². The van der Waals surface area contributed by atoms with Crippen LogP contribution in [-0.2, 0) is 13.0 Å². The van der Waals surface area contributed by atoms with E-state index in [1.807, 2.05) is 19.1 Å². The summed E-state index contributed by atoms with van der Waals surface area (Å²) in [6.45, 7) is 2.61. The number of nitrogens with two attached hydrogens (primary N) is 1. The summed E-state index contributed by atoms with van der Waals surface area (Å²) in [5.41, 5.74) is 6.76. The maximum atomic E-state index is 5.72. The Labute approximate surface area is 112 Å². The van der Waals surface area contributed by atoms with E-state index in [4.69, 9.17) is 10.5 Å². The summed E-state index contributed by atoms with van der Waals surface area (Å²) in [5, 5.41) is 3.20. The number of ether oxygens (including phenoxy) is 1. The van der Waals surface area contributed by atoms with Crippen LogP contribution in [-0.4, -0.2) is 22.1 Å². The van der Waals surface area contributed by atoms with Gasteiger partial charge in [0.05, 0.1) is 7.11 Å². The number of aromatic nitrogens is 3. The van der Waals surface area contributed by atoms with Crippen LogP contribution in [0, 0.1) is 0 Å². The van der Waals surface area contributed by atoms with Crippen LogP contribution in [0.1, 0.15) is 18.3 Å². The normalized spacial score (nSPS) is 10.2. The van der Waals surface area contributed by atoms with Gasteiger partial charge < -0.3 is 15.8 Å². The molecule has 0 unspecified atom stereocenters. The molecule has 6 heteroatoms. The van der Waals surface area contributed by atoms with E-state index >= 15 is 0 Å². The number of hydrogen-bond acceptors (Lipinski definition) is 6. The van der Waals surface area contributed by atoms with Crippen molar-refractivity contribution < 1.29 is 4.74 Å². The van der Waals surface area contributed by atoms with Gasteiger partial charge >= 0.3 is 0 Å². The van der Waals surface area contributed by atoms with Crippen molar-refractivity contribution in [2.75, 3.05) is 18.2 Å². The molecule has 0 fully saturated rings. The van der Waals surface area contributed by atoms with Gasteiger partial charge in [-0.2, -0.15) is 0 Å². The molecule has 2 rings (SSSR count). The number of hydrogen-bond donors (Lipinski definition) is 2. The van der Waals surface area contributed by atoms with E-state index in [1.54, 1.807) is 19.4 Å². The number of methoxy groups -OCH3 is 1. The van der Waals surface area contributed by atoms with Crippen LogP contribution in [0.25, 0.3) is 0 Å². The zero-order valence-corrected chi connectivity index (χ0v) is 11.1. The Bertz CT molecular complexity index is 541. The largest absolute Gasteiger partial charge is 0.481 e. The van der Waals surface area contributed by atoms with Gasteiger partial charge in [-0.1, -0.05) is 13.0 Å². The van der Waals surface area contributed by atoms with Gasteiger partial charge in [-0.3, -0.25) is 0 Å². The van der Waals surface area contributed by atoms with Crippen LogP contribution in [0.2, 0.25) is 0 Å². The molecule has 0 saturated heterocycles. The first-order chi connectivity index (χ1) is 9.21. The summed E-state index contributed by atoms with van der Waals surface area (Å²) in [7, 11) is 1.59. The predicted molar refractivity (Wildman–Crippen MR) is 73.9 cm³/mol. The number of nitrogens with zero attached hydrogens (tertiary/aromatic N) is 3. The van der Waals surface area contributed by atoms with Crippen molar-refractivity contribution in [1.29, 1.82) is 0 Å². The molecule has 100 valence electrons. The lowest BCUT2D eigenvalue weighted by Crippen LogP contribution is -2.06. The molecule has 0 aliphatic carbocycles. The van der Waals surface area contributed by atoms with Crippen molar-refractivity contribution in [2.45, 2.75) is 19.9 Å². The Hall–Kier alpha value is -2.37. The third-order valence-electron chi connectivity index (χ3n) is 2.59. The quantitative estimate of drug-likeness (QED) is 0.849. The Balaban J connectivity index is 2.03. The molecule has 2 aromatic rings. The van der Waals surface area contributed by atoms with Crippen LogP contribution >= 0.6 is 0 Å². The molecule has 0 aliphatic heterocycles. The van der Waals surface area contributed by atoms with Crippen LogP contribution in [0.4, 0.5) is 11.6 Å². The predicted octanol–water partition coefficient (Wildman–Crippen LogP) is 1.64. The zero-order valence-electron chi connectivity index (χ0n) is 11.1. The van der Waals surface area contributed by atoms with E-state index in [1.165, 1.54) is 0 Å². The van der Waals surface area contributed by atoms with Crippen molar-refractivity contribution in [3.05, 3.63) is 35.8 Å². The highest BCUT2D eigenvalue weighted by Crippen LogP contribution is 2.11. The van der Waals surface area contributed by atoms with Crippen LogP contribution in [0.3, 0.4) is 0 Å². The minimum atomic E-state index is 0.474. The fraction of sp³-hybridized carbons (Fsp3) is 0.308. The molecule has 0 bridgehead atoms. The maximum absolute atomic E-state index is 5.72. The number of aryl methyl sites for hydroxylation is 1. The topological polar surface area (TPSA) is 86.0 Å². The molecule has 0 spiro atoms. The lowest BCUT2D eigenvalue weighted by Gasteiger charge is -2.08. The SMILES string of the molecule is CCc1nc(N)cc(NCc2ccc(OC)nc2)n1. The van der Waals surface area contributed by atoms with Gasteiger partial charge in [0, 0.05) is 31.3 Å². The van der Waals surface area contributed by atoms with Gasteiger partial charge in [-0.25, -0.2) is 15.0 Å². The molecule has 0 radical (unpaired) electrons. The van der Waals surface area contributed by atoms with E-state index in [0.717, 1.165) is 23.6 Å². The van der Waals surface area contributed by atoms with Crippen LogP contribution in [0.5, 0.6) is 5.88 Å². The van der Waals surface area contributed by atoms with Gasteiger partial charge in [0.1, 0.15) is 17.5 Å². The Morgan fingerprint density at radius 2 is 2.16 bits per heavy atom. The van der Waals surface area contributed by atoms with Crippen molar-refractivity contribution in [1.82, 2.24) is 15.0 Å². The Morgan fingerprint density at radius 3 is 2.79 bits per heavy atom. The van der Waals surface area contributed by atoms with Crippen molar-refractivity contribution in [3.8, 4) is 5.88 Å².